The number of guanidine groups is 1. The Labute approximate surface area is 254 Å². The minimum atomic E-state index is -4.15. The molecule has 0 radical (unpaired) electrons. The summed E-state index contributed by atoms with van der Waals surface area (Å²) in [6.07, 6.45) is 3.27. The maximum Gasteiger partial charge on any atom is 0.241 e. The number of nitrogens with two attached hydrogens (primary N) is 1. The van der Waals surface area contributed by atoms with Crippen LogP contribution in [0, 0.1) is 11.3 Å². The highest BCUT2D eigenvalue weighted by Gasteiger charge is 2.39. The topological polar surface area (TPSA) is 169 Å². The maximum absolute atomic E-state index is 13.8. The van der Waals surface area contributed by atoms with E-state index in [1.807, 2.05) is 24.3 Å². The normalized spacial score (nSPS) is 18.2. The van der Waals surface area contributed by atoms with E-state index in [9.17, 15) is 23.1 Å². The number of carbonyl (C=O) groups is 2. The number of hydrogen-bond acceptors (Lipinski definition) is 6. The lowest BCUT2D eigenvalue weighted by Gasteiger charge is -2.33. The lowest BCUT2D eigenvalue weighted by molar-refractivity contribution is -0.136. The molecule has 1 aliphatic heterocycles. The Kier molecular flexibility index (Phi) is 11.2. The molecule has 232 valence electrons. The van der Waals surface area contributed by atoms with Crippen molar-refractivity contribution in [2.45, 2.75) is 75.0 Å². The highest BCUT2D eigenvalue weighted by molar-refractivity contribution is 7.89. The third kappa shape index (κ3) is 9.29. The number of amides is 2. The molecule has 2 atom stereocenters. The van der Waals surface area contributed by atoms with Crippen LogP contribution >= 0.6 is 12.4 Å². The number of benzene rings is 2. The standard InChI is InChI=1S/C29H42N6O5S.ClH/c1-29(2,38)13-15-35(23-10-11-23)27(37)25(17-26(36)32-18-20-6-5-14-34(19-20)28(30)31)33-41(39,40)24-12-9-21-7-3-4-8-22(21)16-24;/h3-4,7-9,12,16,20,23,25,33,38H,5-6,10-11,13-15,17-19H2,1-2H3,(H3,30,31)(H,32,36);1H/t20?,25-;/m0./s1. The molecule has 42 heavy (non-hydrogen) atoms. The van der Waals surface area contributed by atoms with Crippen LogP contribution in [0.5, 0.6) is 0 Å². The monoisotopic (exact) mass is 622 g/mol. The molecular weight excluding hydrogens is 580 g/mol. The summed E-state index contributed by atoms with van der Waals surface area (Å²) in [5, 5.41) is 22.4. The molecule has 0 bridgehead atoms. The zero-order valence-electron chi connectivity index (χ0n) is 24.2. The van der Waals surface area contributed by atoms with Crippen LogP contribution in [0.4, 0.5) is 0 Å². The van der Waals surface area contributed by atoms with Crippen LogP contribution in [0.15, 0.2) is 47.4 Å². The average Bonchev–Trinajstić information content (AvgIpc) is 3.76. The van der Waals surface area contributed by atoms with Gasteiger partial charge in [-0.15, -0.1) is 12.4 Å². The highest BCUT2D eigenvalue weighted by Crippen LogP contribution is 2.29. The Bertz CT molecular complexity index is 1380. The highest BCUT2D eigenvalue weighted by atomic mass is 35.5. The van der Waals surface area contributed by atoms with Crippen LogP contribution in [0.2, 0.25) is 0 Å². The molecule has 1 saturated heterocycles. The third-order valence-electron chi connectivity index (χ3n) is 7.70. The minimum absolute atomic E-state index is 0. The van der Waals surface area contributed by atoms with Crippen molar-refractivity contribution in [3.05, 3.63) is 42.5 Å². The fourth-order valence-corrected chi connectivity index (χ4v) is 6.41. The first-order valence-electron chi connectivity index (χ1n) is 14.2. The van der Waals surface area contributed by atoms with Crippen LogP contribution in [0.3, 0.4) is 0 Å². The second kappa shape index (κ2) is 14.0. The summed E-state index contributed by atoms with van der Waals surface area (Å²) >= 11 is 0. The van der Waals surface area contributed by atoms with Crippen molar-refractivity contribution in [3.8, 4) is 0 Å². The van der Waals surface area contributed by atoms with Crippen LogP contribution in [0.25, 0.3) is 10.8 Å². The Balaban J connectivity index is 0.00000484. The minimum Gasteiger partial charge on any atom is -0.390 e. The van der Waals surface area contributed by atoms with E-state index >= 15 is 0 Å². The van der Waals surface area contributed by atoms with Gasteiger partial charge in [0.05, 0.1) is 16.9 Å². The summed E-state index contributed by atoms with van der Waals surface area (Å²) in [6.45, 7) is 5.17. The lowest BCUT2D eigenvalue weighted by atomic mass is 9.98. The number of piperidine rings is 1. The molecule has 2 aliphatic rings. The summed E-state index contributed by atoms with van der Waals surface area (Å²) in [5.41, 5.74) is 4.63. The molecule has 1 saturated carbocycles. The van der Waals surface area contributed by atoms with Crippen LogP contribution in [0.1, 0.15) is 52.4 Å². The summed E-state index contributed by atoms with van der Waals surface area (Å²) in [6, 6.07) is 10.8. The van der Waals surface area contributed by atoms with Crippen molar-refractivity contribution in [2.24, 2.45) is 11.7 Å². The van der Waals surface area contributed by atoms with Crippen molar-refractivity contribution in [1.29, 1.82) is 5.41 Å². The summed E-state index contributed by atoms with van der Waals surface area (Å²) in [5.74, 6) is -0.824. The molecule has 2 amide bonds. The molecule has 11 nitrogen and oxygen atoms in total. The van der Waals surface area contributed by atoms with E-state index in [0.717, 1.165) is 36.5 Å². The van der Waals surface area contributed by atoms with Gasteiger partial charge < -0.3 is 26.0 Å². The van der Waals surface area contributed by atoms with Gasteiger partial charge in [0.15, 0.2) is 5.96 Å². The van der Waals surface area contributed by atoms with Crippen LogP contribution in [-0.2, 0) is 19.6 Å². The van der Waals surface area contributed by atoms with E-state index < -0.39 is 33.5 Å². The van der Waals surface area contributed by atoms with Crippen LogP contribution in [-0.4, -0.2) is 85.0 Å². The SMILES string of the molecule is CC(C)(O)CCN(C(=O)[C@H](CC(=O)NCC1CCCN(C(=N)N)C1)NS(=O)(=O)c1ccc2ccccc2c1)C1CC1.Cl. The fourth-order valence-electron chi connectivity index (χ4n) is 5.19. The van der Waals surface area contributed by atoms with Gasteiger partial charge in [0.25, 0.3) is 0 Å². The molecule has 1 unspecified atom stereocenters. The Morgan fingerprint density at radius 3 is 2.50 bits per heavy atom. The van der Waals surface area contributed by atoms with Crippen molar-refractivity contribution in [1.82, 2.24) is 19.8 Å². The first-order chi connectivity index (χ1) is 19.3. The largest absolute Gasteiger partial charge is 0.390 e. The number of aliphatic hydroxyl groups is 1. The molecule has 4 rings (SSSR count). The molecule has 6 N–H and O–H groups in total. The van der Waals surface area contributed by atoms with Gasteiger partial charge in [0.1, 0.15) is 6.04 Å². The second-order valence-corrected chi connectivity index (χ2v) is 13.6. The Hall–Kier alpha value is -2.93. The second-order valence-electron chi connectivity index (χ2n) is 11.9. The number of likely N-dealkylation sites (tertiary alicyclic amines) is 1. The van der Waals surface area contributed by atoms with E-state index in [4.69, 9.17) is 11.1 Å². The van der Waals surface area contributed by atoms with E-state index in [-0.39, 0.29) is 48.2 Å². The summed E-state index contributed by atoms with van der Waals surface area (Å²) in [4.78, 5) is 30.3. The number of carbonyl (C=O) groups excluding carboxylic acids is 2. The molecule has 0 spiro atoms. The lowest BCUT2D eigenvalue weighted by Crippen LogP contribution is -2.52. The van der Waals surface area contributed by atoms with Crippen molar-refractivity contribution < 1.29 is 23.1 Å². The van der Waals surface area contributed by atoms with E-state index in [0.29, 0.717) is 26.1 Å². The molecule has 1 aliphatic carbocycles. The van der Waals surface area contributed by atoms with Gasteiger partial charge in [-0.1, -0.05) is 30.3 Å². The number of fused-ring (bicyclic) bond motifs is 1. The number of hydrogen-bond donors (Lipinski definition) is 5. The quantitative estimate of drug-likeness (QED) is 0.178. The van der Waals surface area contributed by atoms with E-state index in [1.165, 1.54) is 6.07 Å². The van der Waals surface area contributed by atoms with Crippen molar-refractivity contribution in [2.75, 3.05) is 26.2 Å². The number of sulfonamides is 1. The predicted molar refractivity (Wildman–Crippen MR) is 165 cm³/mol. The molecular formula is C29H43ClN6O5S. The molecule has 2 aromatic carbocycles. The number of nitrogens with zero attached hydrogens (tertiary/aromatic N) is 2. The molecule has 0 aromatic heterocycles. The Morgan fingerprint density at radius 1 is 1.17 bits per heavy atom. The zero-order chi connectivity index (χ0) is 29.8. The Morgan fingerprint density at radius 2 is 1.86 bits per heavy atom. The van der Waals surface area contributed by atoms with Gasteiger partial charge in [0, 0.05) is 32.2 Å². The van der Waals surface area contributed by atoms with E-state index in [1.54, 1.807) is 35.8 Å². The van der Waals surface area contributed by atoms with Gasteiger partial charge >= 0.3 is 0 Å². The molecule has 1 heterocycles. The van der Waals surface area contributed by atoms with Gasteiger partial charge in [-0.05, 0) is 74.8 Å². The van der Waals surface area contributed by atoms with Gasteiger partial charge in [-0.25, -0.2) is 8.42 Å². The van der Waals surface area contributed by atoms with Crippen molar-refractivity contribution >= 4 is 51.0 Å². The maximum atomic E-state index is 13.8. The van der Waals surface area contributed by atoms with E-state index in [2.05, 4.69) is 10.0 Å². The third-order valence-corrected chi connectivity index (χ3v) is 9.17. The zero-order valence-corrected chi connectivity index (χ0v) is 25.8. The van der Waals surface area contributed by atoms with Gasteiger partial charge in [-0.2, -0.15) is 4.72 Å². The number of nitrogens with one attached hydrogen (secondary N) is 3. The molecule has 2 aromatic rings. The van der Waals surface area contributed by atoms with Crippen LogP contribution < -0.4 is 15.8 Å². The summed E-state index contributed by atoms with van der Waals surface area (Å²) in [7, 11) is -4.15. The summed E-state index contributed by atoms with van der Waals surface area (Å²) < 4.78 is 29.6. The molecule has 2 fully saturated rings. The first kappa shape index (κ1) is 33.6. The number of rotatable bonds is 12. The average molecular weight is 623 g/mol. The predicted octanol–water partition coefficient (Wildman–Crippen LogP) is 2.17. The fraction of sp³-hybridized carbons (Fsp3) is 0.552. The van der Waals surface area contributed by atoms with Gasteiger partial charge in [0.2, 0.25) is 21.8 Å². The first-order valence-corrected chi connectivity index (χ1v) is 15.7. The van der Waals surface area contributed by atoms with Gasteiger partial charge in [-0.3, -0.25) is 15.0 Å². The number of halogens is 1. The smallest absolute Gasteiger partial charge is 0.241 e. The molecule has 13 heteroatoms. The van der Waals surface area contributed by atoms with Crippen molar-refractivity contribution in [3.63, 3.8) is 0 Å².